The van der Waals surface area contributed by atoms with Gasteiger partial charge < -0.3 is 29.9 Å². The Hall–Kier alpha value is -6.40. The largest absolute Gasteiger partial charge is 0.633 e. The molecule has 4 aromatic heterocycles. The lowest BCUT2D eigenvalue weighted by Crippen LogP contribution is -2.61. The van der Waals surface area contributed by atoms with E-state index >= 15 is 8.78 Å². The first kappa shape index (κ1) is 44.1. The number of hydrogen-bond acceptors (Lipinski definition) is 10. The number of carboxylic acid groups (broad SMARTS) is 2. The van der Waals surface area contributed by atoms with E-state index in [0.717, 1.165) is 57.8 Å². The molecular weight excluding hydrogens is 907 g/mol. The monoisotopic (exact) mass is 950 g/mol. The molecule has 2 N–H and O–H groups in total. The highest BCUT2D eigenvalue weighted by Gasteiger charge is 2.48. The zero-order valence-electron chi connectivity index (χ0n) is 36.6. The van der Waals surface area contributed by atoms with Gasteiger partial charge in [-0.3, -0.25) is 9.59 Å². The van der Waals surface area contributed by atoms with Crippen molar-refractivity contribution in [3.63, 3.8) is 0 Å². The van der Waals surface area contributed by atoms with Gasteiger partial charge in [-0.1, -0.05) is 95.5 Å². The predicted octanol–water partition coefficient (Wildman–Crippen LogP) is 10.2. The molecule has 0 unspecified atom stereocenters. The highest BCUT2D eigenvalue weighted by atomic mass is 32.1. The molecule has 8 aromatic rings. The molecule has 0 atom stereocenters. The standard InChI is InChI=1S/2C26H22FN3O3S/c2*27-20-12-16(13-30(33)14-17(15-30)25(31)32)6-7-19(20)23-28-21-8-9-22(29-24(21)34-23)26(10-11-26)18-4-2-1-3-5-18/h2*1-9,12,17H,10-11,13-15H2,(H,31,32). The summed E-state index contributed by atoms with van der Waals surface area (Å²) < 4.78 is 28.8. The van der Waals surface area contributed by atoms with Gasteiger partial charge in [-0.05, 0) is 85.3 Å². The molecule has 4 aliphatic rings. The Bertz CT molecular complexity index is 3040. The summed E-state index contributed by atoms with van der Waals surface area (Å²) in [4.78, 5) is 42.6. The molecule has 4 aromatic carbocycles. The number of aliphatic carboxylic acids is 2. The van der Waals surface area contributed by atoms with Crippen LogP contribution in [0.25, 0.3) is 41.8 Å². The van der Waals surface area contributed by atoms with Crippen LogP contribution in [-0.2, 0) is 33.5 Å². The zero-order valence-corrected chi connectivity index (χ0v) is 38.2. The summed E-state index contributed by atoms with van der Waals surface area (Å²) in [5.74, 6) is -4.01. The number of carbonyl (C=O) groups is 2. The van der Waals surface area contributed by atoms with Crippen LogP contribution in [0.2, 0.25) is 0 Å². The normalized spacial score (nSPS) is 22.9. The molecule has 0 spiro atoms. The van der Waals surface area contributed by atoms with Crippen molar-refractivity contribution in [1.29, 1.82) is 0 Å². The number of pyridine rings is 2. The first-order valence-electron chi connectivity index (χ1n) is 22.6. The molecule has 4 fully saturated rings. The van der Waals surface area contributed by atoms with E-state index in [2.05, 4.69) is 34.2 Å². The van der Waals surface area contributed by atoms with E-state index in [1.54, 1.807) is 24.3 Å². The van der Waals surface area contributed by atoms with Crippen molar-refractivity contribution in [2.75, 3.05) is 26.2 Å². The van der Waals surface area contributed by atoms with Gasteiger partial charge in [0.05, 0.1) is 37.6 Å². The lowest BCUT2D eigenvalue weighted by Gasteiger charge is -2.52. The lowest BCUT2D eigenvalue weighted by atomic mass is 9.92. The number of benzene rings is 4. The van der Waals surface area contributed by atoms with Gasteiger partial charge in [0.15, 0.2) is 11.8 Å². The number of nitrogens with zero attached hydrogens (tertiary/aromatic N) is 6. The molecule has 344 valence electrons. The van der Waals surface area contributed by atoms with E-state index in [1.807, 2.05) is 60.7 Å². The Morgan fingerprint density at radius 3 is 1.28 bits per heavy atom. The molecule has 6 heterocycles. The maximum atomic E-state index is 15.0. The molecule has 0 amide bonds. The SMILES string of the molecule is O=C(O)C1C[N+]([O-])(Cc2ccc(-c3nc4ccc(C5(c6ccccc6)CC5)nc4s3)c(F)c2)C1.O=C(O)C1C[N+]([O-])(Cc2ccc(-c3nc4ccc(C5(c6ccccc6)CC5)nc4s3)c(F)c2)C1. The predicted molar refractivity (Wildman–Crippen MR) is 255 cm³/mol. The number of quaternary nitrogens is 2. The molecule has 12 nitrogen and oxygen atoms in total. The number of rotatable bonds is 12. The van der Waals surface area contributed by atoms with Crippen LogP contribution in [0.5, 0.6) is 0 Å². The van der Waals surface area contributed by atoms with E-state index in [4.69, 9.17) is 20.2 Å². The molecule has 12 rings (SSSR count). The van der Waals surface area contributed by atoms with Crippen molar-refractivity contribution in [3.8, 4) is 21.1 Å². The highest BCUT2D eigenvalue weighted by molar-refractivity contribution is 7.21. The third kappa shape index (κ3) is 8.24. The Labute approximate surface area is 397 Å². The molecule has 0 radical (unpaired) electrons. The number of halogens is 2. The summed E-state index contributed by atoms with van der Waals surface area (Å²) in [6, 6.07) is 38.2. The lowest BCUT2D eigenvalue weighted by molar-refractivity contribution is -0.938. The van der Waals surface area contributed by atoms with Gasteiger partial charge in [0.2, 0.25) is 0 Å². The minimum absolute atomic E-state index is 0.0229. The second-order valence-corrected chi connectivity index (χ2v) is 20.8. The first-order chi connectivity index (χ1) is 32.7. The van der Waals surface area contributed by atoms with E-state index < -0.39 is 44.7 Å². The summed E-state index contributed by atoms with van der Waals surface area (Å²) in [6.07, 6.45) is 4.24. The summed E-state index contributed by atoms with van der Waals surface area (Å²) in [7, 11) is 0. The smallest absolute Gasteiger partial charge is 0.318 e. The maximum absolute atomic E-state index is 15.0. The van der Waals surface area contributed by atoms with Crippen molar-refractivity contribution < 1.29 is 37.9 Å². The summed E-state index contributed by atoms with van der Waals surface area (Å²) in [6.45, 7) is 0.217. The quantitative estimate of drug-likeness (QED) is 0.0887. The minimum Gasteiger partial charge on any atom is -0.633 e. The van der Waals surface area contributed by atoms with Gasteiger partial charge in [0.1, 0.15) is 55.4 Å². The van der Waals surface area contributed by atoms with Crippen molar-refractivity contribution >= 4 is 55.3 Å². The topological polar surface area (TPSA) is 172 Å². The molecule has 2 saturated heterocycles. The van der Waals surface area contributed by atoms with Crippen LogP contribution in [0, 0.1) is 33.9 Å². The summed E-state index contributed by atoms with van der Waals surface area (Å²) >= 11 is 2.73. The fourth-order valence-corrected chi connectivity index (χ4v) is 11.9. The second-order valence-electron chi connectivity index (χ2n) is 18.8. The number of fused-ring (bicyclic) bond motifs is 2. The van der Waals surface area contributed by atoms with E-state index in [-0.39, 0.29) is 50.1 Å². The molecule has 16 heteroatoms. The third-order valence-electron chi connectivity index (χ3n) is 14.0. The van der Waals surface area contributed by atoms with Crippen LogP contribution in [0.4, 0.5) is 8.78 Å². The molecular formula is C52H44F2N6O6S2. The van der Waals surface area contributed by atoms with Crippen LogP contribution in [0.15, 0.2) is 121 Å². The Morgan fingerprint density at radius 2 is 0.941 bits per heavy atom. The zero-order chi connectivity index (χ0) is 47.0. The van der Waals surface area contributed by atoms with Crippen LogP contribution in [-0.4, -0.2) is 77.6 Å². The summed E-state index contributed by atoms with van der Waals surface area (Å²) in [5, 5.41) is 44.3. The van der Waals surface area contributed by atoms with E-state index in [0.29, 0.717) is 32.3 Å². The van der Waals surface area contributed by atoms with E-state index in [1.165, 1.54) is 45.9 Å². The fourth-order valence-electron chi connectivity index (χ4n) is 9.94. The number of aromatic nitrogens is 4. The van der Waals surface area contributed by atoms with Gasteiger partial charge in [0, 0.05) is 33.1 Å². The van der Waals surface area contributed by atoms with E-state index in [9.17, 15) is 20.0 Å². The maximum Gasteiger partial charge on any atom is 0.318 e. The van der Waals surface area contributed by atoms with Gasteiger partial charge in [-0.2, -0.15) is 0 Å². The number of hydrogen-bond donors (Lipinski definition) is 2. The molecule has 0 bridgehead atoms. The first-order valence-corrected chi connectivity index (χ1v) is 24.2. The highest BCUT2D eigenvalue weighted by Crippen LogP contribution is 2.54. The average Bonchev–Trinajstić information content (AvgIpc) is 4.22. The van der Waals surface area contributed by atoms with Crippen LogP contribution < -0.4 is 0 Å². The van der Waals surface area contributed by atoms with Gasteiger partial charge in [0.25, 0.3) is 0 Å². The number of hydroxylamine groups is 6. The van der Waals surface area contributed by atoms with Gasteiger partial charge in [-0.25, -0.2) is 28.7 Å². The van der Waals surface area contributed by atoms with Crippen molar-refractivity contribution in [1.82, 2.24) is 19.9 Å². The molecule has 2 aliphatic carbocycles. The average molecular weight is 951 g/mol. The minimum atomic E-state index is -0.949. The Kier molecular flexibility index (Phi) is 10.8. The van der Waals surface area contributed by atoms with Gasteiger partial charge >= 0.3 is 11.9 Å². The molecule has 68 heavy (non-hydrogen) atoms. The van der Waals surface area contributed by atoms with Crippen LogP contribution in [0.3, 0.4) is 0 Å². The number of likely N-dealkylation sites (tertiary alicyclic amines) is 2. The van der Waals surface area contributed by atoms with Gasteiger partial charge in [-0.15, -0.1) is 0 Å². The van der Waals surface area contributed by atoms with Crippen LogP contribution >= 0.6 is 22.7 Å². The second kappa shape index (κ2) is 16.7. The summed E-state index contributed by atoms with van der Waals surface area (Å²) in [5.41, 5.74) is 7.84. The third-order valence-corrected chi connectivity index (χ3v) is 16.0. The number of carboxylic acids is 2. The fraction of sp³-hybridized carbons (Fsp3) is 0.269. The van der Waals surface area contributed by atoms with Crippen molar-refractivity contribution in [3.05, 3.63) is 177 Å². The van der Waals surface area contributed by atoms with Crippen LogP contribution in [0.1, 0.15) is 59.3 Å². The molecule has 2 saturated carbocycles. The number of thiazole rings is 2. The Balaban J connectivity index is 0.000000149. The van der Waals surface area contributed by atoms with Crippen molar-refractivity contribution in [2.24, 2.45) is 11.8 Å². The van der Waals surface area contributed by atoms with Crippen molar-refractivity contribution in [2.45, 2.75) is 49.6 Å². The molecule has 2 aliphatic heterocycles. The Morgan fingerprint density at radius 1 is 0.559 bits per heavy atom.